The summed E-state index contributed by atoms with van der Waals surface area (Å²) in [6, 6.07) is 7.80. The molecule has 3 rings (SSSR count). The van der Waals surface area contributed by atoms with E-state index >= 15 is 0 Å². The average Bonchev–Trinajstić information content (AvgIpc) is 3.22. The van der Waals surface area contributed by atoms with Gasteiger partial charge in [0.1, 0.15) is 5.82 Å². The van der Waals surface area contributed by atoms with Crippen LogP contribution in [0.15, 0.2) is 41.3 Å². The van der Waals surface area contributed by atoms with Crippen LogP contribution in [-0.2, 0) is 4.79 Å². The van der Waals surface area contributed by atoms with Crippen LogP contribution in [0.5, 0.6) is 0 Å². The molecule has 1 aromatic heterocycles. The highest BCUT2D eigenvalue weighted by atomic mass is 19.1. The zero-order chi connectivity index (χ0) is 15.0. The summed E-state index contributed by atoms with van der Waals surface area (Å²) in [7, 11) is 0. The van der Waals surface area contributed by atoms with Gasteiger partial charge in [-0.05, 0) is 42.5 Å². The molecule has 0 spiro atoms. The Hall–Kier alpha value is -2.43. The van der Waals surface area contributed by atoms with E-state index in [1.165, 1.54) is 24.4 Å². The number of aromatic amines is 1. The lowest BCUT2D eigenvalue weighted by Crippen LogP contribution is -2.17. The molecular formula is C16H15FN2O2. The summed E-state index contributed by atoms with van der Waals surface area (Å²) in [4.78, 5) is 25.9. The Kier molecular flexibility index (Phi) is 3.33. The maximum atomic E-state index is 13.2. The Labute approximate surface area is 121 Å². The number of carbonyl (C=O) groups excluding carboxylic acids is 1. The third-order valence-electron chi connectivity index (χ3n) is 3.79. The van der Waals surface area contributed by atoms with Gasteiger partial charge in [-0.2, -0.15) is 0 Å². The van der Waals surface area contributed by atoms with Gasteiger partial charge in [0.2, 0.25) is 11.5 Å². The molecule has 0 aliphatic heterocycles. The average molecular weight is 286 g/mol. The molecule has 2 unspecified atom stereocenters. The number of carbonyl (C=O) groups is 1. The molecule has 4 nitrogen and oxygen atoms in total. The van der Waals surface area contributed by atoms with Crippen molar-refractivity contribution < 1.29 is 9.18 Å². The van der Waals surface area contributed by atoms with Crippen molar-refractivity contribution in [2.45, 2.75) is 19.3 Å². The first-order valence-electron chi connectivity index (χ1n) is 6.80. The monoisotopic (exact) mass is 286 g/mol. The van der Waals surface area contributed by atoms with E-state index in [1.807, 2.05) is 6.07 Å². The molecule has 2 aromatic rings. The summed E-state index contributed by atoms with van der Waals surface area (Å²) in [6.45, 7) is 1.77. The maximum Gasteiger partial charge on any atom is 0.248 e. The summed E-state index contributed by atoms with van der Waals surface area (Å²) in [5.41, 5.74) is 1.97. The van der Waals surface area contributed by atoms with Gasteiger partial charge in [-0.15, -0.1) is 0 Å². The molecule has 1 aromatic carbocycles. The van der Waals surface area contributed by atoms with Crippen molar-refractivity contribution in [2.24, 2.45) is 5.92 Å². The van der Waals surface area contributed by atoms with E-state index in [4.69, 9.17) is 0 Å². The molecule has 0 radical (unpaired) electrons. The summed E-state index contributed by atoms with van der Waals surface area (Å²) in [5, 5.41) is 2.81. The van der Waals surface area contributed by atoms with Crippen molar-refractivity contribution in [1.29, 1.82) is 0 Å². The minimum atomic E-state index is -0.282. The summed E-state index contributed by atoms with van der Waals surface area (Å²) in [5.74, 6) is -0.448. The summed E-state index contributed by atoms with van der Waals surface area (Å²) in [6.07, 6.45) is 2.22. The molecule has 0 saturated heterocycles. The fourth-order valence-electron chi connectivity index (χ4n) is 2.52. The highest BCUT2D eigenvalue weighted by Gasteiger charge is 2.44. The molecule has 2 N–H and O–H groups in total. The number of benzene rings is 1. The molecule has 1 amide bonds. The van der Waals surface area contributed by atoms with Crippen LogP contribution >= 0.6 is 0 Å². The zero-order valence-electron chi connectivity index (χ0n) is 11.5. The smallest absolute Gasteiger partial charge is 0.248 e. The number of nitrogens with one attached hydrogen (secondary N) is 2. The third-order valence-corrected chi connectivity index (χ3v) is 3.79. The number of aryl methyl sites for hydroxylation is 1. The van der Waals surface area contributed by atoms with Crippen LogP contribution in [0.25, 0.3) is 0 Å². The van der Waals surface area contributed by atoms with Gasteiger partial charge in [0.25, 0.3) is 0 Å². The molecule has 1 aliphatic carbocycles. The predicted molar refractivity (Wildman–Crippen MR) is 77.7 cm³/mol. The Balaban J connectivity index is 1.69. The fourth-order valence-corrected chi connectivity index (χ4v) is 2.52. The lowest BCUT2D eigenvalue weighted by atomic mass is 10.1. The highest BCUT2D eigenvalue weighted by molar-refractivity contribution is 5.95. The van der Waals surface area contributed by atoms with Crippen LogP contribution in [0.3, 0.4) is 0 Å². The third kappa shape index (κ3) is 2.86. The van der Waals surface area contributed by atoms with Gasteiger partial charge in [0, 0.05) is 18.2 Å². The quantitative estimate of drug-likeness (QED) is 0.911. The molecular weight excluding hydrogens is 271 g/mol. The van der Waals surface area contributed by atoms with Gasteiger partial charge in [0.15, 0.2) is 0 Å². The summed E-state index contributed by atoms with van der Waals surface area (Å²) >= 11 is 0. The van der Waals surface area contributed by atoms with Crippen LogP contribution in [0.1, 0.15) is 23.5 Å². The largest absolute Gasteiger partial charge is 0.327 e. The molecule has 1 fully saturated rings. The van der Waals surface area contributed by atoms with E-state index in [0.29, 0.717) is 5.69 Å². The number of halogens is 1. The molecule has 1 saturated carbocycles. The van der Waals surface area contributed by atoms with Crippen LogP contribution in [0.4, 0.5) is 10.1 Å². The van der Waals surface area contributed by atoms with E-state index in [0.717, 1.165) is 17.5 Å². The maximum absolute atomic E-state index is 13.2. The van der Waals surface area contributed by atoms with Crippen LogP contribution in [0, 0.1) is 18.7 Å². The van der Waals surface area contributed by atoms with E-state index in [1.54, 1.807) is 13.0 Å². The van der Waals surface area contributed by atoms with E-state index in [2.05, 4.69) is 10.3 Å². The molecule has 1 heterocycles. The Morgan fingerprint density at radius 2 is 2.19 bits per heavy atom. The van der Waals surface area contributed by atoms with Gasteiger partial charge in [-0.25, -0.2) is 4.39 Å². The van der Waals surface area contributed by atoms with Crippen molar-refractivity contribution in [2.75, 3.05) is 5.32 Å². The number of amides is 1. The number of hydrogen-bond donors (Lipinski definition) is 2. The molecule has 21 heavy (non-hydrogen) atoms. The topological polar surface area (TPSA) is 62.0 Å². The lowest BCUT2D eigenvalue weighted by Gasteiger charge is -2.07. The van der Waals surface area contributed by atoms with E-state index < -0.39 is 0 Å². The van der Waals surface area contributed by atoms with Crippen molar-refractivity contribution in [3.05, 3.63) is 63.8 Å². The Morgan fingerprint density at radius 3 is 2.90 bits per heavy atom. The first-order chi connectivity index (χ1) is 10.0. The second kappa shape index (κ2) is 5.16. The minimum Gasteiger partial charge on any atom is -0.327 e. The normalized spacial score (nSPS) is 20.1. The molecule has 1 aliphatic rings. The first-order valence-corrected chi connectivity index (χ1v) is 6.80. The number of H-pyrrole nitrogens is 1. The second-order valence-corrected chi connectivity index (χ2v) is 5.39. The van der Waals surface area contributed by atoms with Crippen molar-refractivity contribution in [3.63, 3.8) is 0 Å². The Bertz CT molecular complexity index is 754. The van der Waals surface area contributed by atoms with Crippen LogP contribution < -0.4 is 10.9 Å². The number of pyridine rings is 1. The van der Waals surface area contributed by atoms with Crippen molar-refractivity contribution >= 4 is 11.6 Å². The van der Waals surface area contributed by atoms with Crippen LogP contribution in [-0.4, -0.2) is 10.9 Å². The number of aromatic nitrogens is 1. The summed E-state index contributed by atoms with van der Waals surface area (Å²) < 4.78 is 13.2. The van der Waals surface area contributed by atoms with Crippen molar-refractivity contribution in [1.82, 2.24) is 4.98 Å². The van der Waals surface area contributed by atoms with Gasteiger partial charge in [-0.3, -0.25) is 9.59 Å². The molecule has 0 bridgehead atoms. The number of anilines is 1. The van der Waals surface area contributed by atoms with Crippen LogP contribution in [0.2, 0.25) is 0 Å². The lowest BCUT2D eigenvalue weighted by molar-refractivity contribution is -0.117. The van der Waals surface area contributed by atoms with Gasteiger partial charge in [0.05, 0.1) is 5.69 Å². The fraction of sp³-hybridized carbons (Fsp3) is 0.250. The number of hydrogen-bond acceptors (Lipinski definition) is 2. The van der Waals surface area contributed by atoms with Crippen molar-refractivity contribution in [3.8, 4) is 0 Å². The van der Waals surface area contributed by atoms with Gasteiger partial charge in [-0.1, -0.05) is 12.1 Å². The highest BCUT2D eigenvalue weighted by Crippen LogP contribution is 2.48. The molecule has 108 valence electrons. The molecule has 5 heteroatoms. The van der Waals surface area contributed by atoms with Gasteiger partial charge >= 0.3 is 0 Å². The zero-order valence-corrected chi connectivity index (χ0v) is 11.5. The van der Waals surface area contributed by atoms with E-state index in [9.17, 15) is 14.0 Å². The minimum absolute atomic E-state index is 0.0729. The SMILES string of the molecule is Cc1cc(=O)[nH]cc1NC(=O)C1CC1c1cccc(F)c1. The predicted octanol–water partition coefficient (Wildman–Crippen LogP) is 2.56. The number of rotatable bonds is 3. The second-order valence-electron chi connectivity index (χ2n) is 5.39. The van der Waals surface area contributed by atoms with Gasteiger partial charge < -0.3 is 10.3 Å². The standard InChI is InChI=1S/C16H15FN2O2/c1-9-5-15(20)18-8-14(9)19-16(21)13-7-12(13)10-3-2-4-11(17)6-10/h2-6,8,12-13H,7H2,1H3,(H,18,20)(H,19,21). The Morgan fingerprint density at radius 1 is 1.38 bits per heavy atom. The molecule has 2 atom stereocenters. The first kappa shape index (κ1) is 13.5. The van der Waals surface area contributed by atoms with E-state index in [-0.39, 0.29) is 29.1 Å².